The number of benzene rings is 1. The second-order valence-corrected chi connectivity index (χ2v) is 4.49. The fourth-order valence-corrected chi connectivity index (χ4v) is 1.78. The van der Waals surface area contributed by atoms with E-state index in [1.165, 1.54) is 18.9 Å². The quantitative estimate of drug-likeness (QED) is 0.766. The van der Waals surface area contributed by atoms with Crippen molar-refractivity contribution in [2.45, 2.75) is 45.3 Å². The predicted octanol–water partition coefficient (Wildman–Crippen LogP) is 3.03. The fraction of sp³-hybridized carbons (Fsp3) is 0.571. The number of hydrogen-bond acceptors (Lipinski definition) is 2. The molecule has 2 N–H and O–H groups in total. The molecule has 0 fully saturated rings. The van der Waals surface area contributed by atoms with Gasteiger partial charge in [-0.3, -0.25) is 0 Å². The second kappa shape index (κ2) is 7.41. The number of aliphatic hydroxyl groups excluding tert-OH is 1. The summed E-state index contributed by atoms with van der Waals surface area (Å²) in [6.07, 6.45) is 2.65. The molecule has 17 heavy (non-hydrogen) atoms. The molecule has 0 radical (unpaired) electrons. The van der Waals surface area contributed by atoms with Crippen molar-refractivity contribution in [2.75, 3.05) is 6.54 Å². The Hall–Kier alpha value is -0.930. The van der Waals surface area contributed by atoms with E-state index < -0.39 is 6.10 Å². The molecule has 0 spiro atoms. The van der Waals surface area contributed by atoms with E-state index in [-0.39, 0.29) is 5.82 Å². The van der Waals surface area contributed by atoms with Crippen LogP contribution in [0.4, 0.5) is 4.39 Å². The number of halogens is 1. The van der Waals surface area contributed by atoms with Crippen LogP contribution < -0.4 is 5.32 Å². The van der Waals surface area contributed by atoms with E-state index in [1.807, 2.05) is 0 Å². The van der Waals surface area contributed by atoms with E-state index in [4.69, 9.17) is 0 Å². The molecule has 2 nitrogen and oxygen atoms in total. The van der Waals surface area contributed by atoms with Gasteiger partial charge in [0.25, 0.3) is 0 Å². The van der Waals surface area contributed by atoms with Crippen molar-refractivity contribution < 1.29 is 9.50 Å². The summed E-state index contributed by atoms with van der Waals surface area (Å²) >= 11 is 0. The van der Waals surface area contributed by atoms with Crippen molar-refractivity contribution in [3.8, 4) is 0 Å². The molecule has 1 aromatic rings. The Balaban J connectivity index is 2.39. The third-order valence-electron chi connectivity index (χ3n) is 2.91. The Bertz CT molecular complexity index is 330. The summed E-state index contributed by atoms with van der Waals surface area (Å²) in [5, 5.41) is 13.1. The molecule has 1 rings (SSSR count). The van der Waals surface area contributed by atoms with Gasteiger partial charge >= 0.3 is 0 Å². The SMILES string of the molecule is CCCCC(C)NCC(O)c1ccccc1F. The Morgan fingerprint density at radius 1 is 1.35 bits per heavy atom. The highest BCUT2D eigenvalue weighted by Gasteiger charge is 2.12. The molecule has 0 bridgehead atoms. The molecule has 0 aliphatic carbocycles. The molecule has 2 unspecified atom stereocenters. The van der Waals surface area contributed by atoms with E-state index in [2.05, 4.69) is 19.2 Å². The predicted molar refractivity (Wildman–Crippen MR) is 68.3 cm³/mol. The van der Waals surface area contributed by atoms with Crippen LogP contribution in [0.5, 0.6) is 0 Å². The number of aliphatic hydroxyl groups is 1. The number of rotatable bonds is 7. The zero-order chi connectivity index (χ0) is 12.7. The summed E-state index contributed by atoms with van der Waals surface area (Å²) in [7, 11) is 0. The second-order valence-electron chi connectivity index (χ2n) is 4.49. The van der Waals surface area contributed by atoms with Gasteiger partial charge in [-0.05, 0) is 19.4 Å². The summed E-state index contributed by atoms with van der Waals surface area (Å²) in [4.78, 5) is 0. The van der Waals surface area contributed by atoms with Crippen LogP contribution in [-0.4, -0.2) is 17.7 Å². The zero-order valence-electron chi connectivity index (χ0n) is 10.6. The molecule has 3 heteroatoms. The van der Waals surface area contributed by atoms with Crippen molar-refractivity contribution in [1.82, 2.24) is 5.32 Å². The third kappa shape index (κ3) is 4.84. The normalized spacial score (nSPS) is 14.6. The summed E-state index contributed by atoms with van der Waals surface area (Å²) in [6.45, 7) is 4.64. The van der Waals surface area contributed by atoms with E-state index >= 15 is 0 Å². The third-order valence-corrected chi connectivity index (χ3v) is 2.91. The summed E-state index contributed by atoms with van der Waals surface area (Å²) in [5.74, 6) is -0.344. The lowest BCUT2D eigenvalue weighted by Crippen LogP contribution is -2.30. The first-order chi connectivity index (χ1) is 8.15. The first-order valence-electron chi connectivity index (χ1n) is 6.31. The molecule has 0 heterocycles. The van der Waals surface area contributed by atoms with Crippen LogP contribution in [0, 0.1) is 5.82 Å². The molecule has 0 saturated carbocycles. The zero-order valence-corrected chi connectivity index (χ0v) is 10.6. The number of hydrogen-bond donors (Lipinski definition) is 2. The summed E-state index contributed by atoms with van der Waals surface area (Å²) in [5.41, 5.74) is 0.364. The lowest BCUT2D eigenvalue weighted by atomic mass is 10.1. The molecule has 0 saturated heterocycles. The van der Waals surface area contributed by atoms with E-state index in [9.17, 15) is 9.50 Å². The van der Waals surface area contributed by atoms with E-state index in [0.717, 1.165) is 6.42 Å². The van der Waals surface area contributed by atoms with Crippen LogP contribution in [0.25, 0.3) is 0 Å². The van der Waals surface area contributed by atoms with Gasteiger partial charge in [0.15, 0.2) is 0 Å². The molecule has 0 amide bonds. The smallest absolute Gasteiger partial charge is 0.129 e. The average Bonchev–Trinajstić information content (AvgIpc) is 2.34. The molecule has 1 aromatic carbocycles. The van der Waals surface area contributed by atoms with Gasteiger partial charge in [0.2, 0.25) is 0 Å². The van der Waals surface area contributed by atoms with Gasteiger partial charge < -0.3 is 10.4 Å². The van der Waals surface area contributed by atoms with Crippen LogP contribution in [-0.2, 0) is 0 Å². The van der Waals surface area contributed by atoms with Crippen molar-refractivity contribution >= 4 is 0 Å². The van der Waals surface area contributed by atoms with Gasteiger partial charge in [0, 0.05) is 18.2 Å². The Kier molecular flexibility index (Phi) is 6.16. The highest BCUT2D eigenvalue weighted by atomic mass is 19.1. The minimum atomic E-state index is -0.778. The van der Waals surface area contributed by atoms with Crippen LogP contribution >= 0.6 is 0 Å². The summed E-state index contributed by atoms with van der Waals surface area (Å²) in [6, 6.07) is 6.72. The van der Waals surface area contributed by atoms with Crippen LogP contribution in [0.1, 0.15) is 44.8 Å². The minimum absolute atomic E-state index is 0.344. The topological polar surface area (TPSA) is 32.3 Å². The fourth-order valence-electron chi connectivity index (χ4n) is 1.78. The van der Waals surface area contributed by atoms with E-state index in [1.54, 1.807) is 18.2 Å². The molecular weight excluding hydrogens is 217 g/mol. The van der Waals surface area contributed by atoms with Gasteiger partial charge in [0.05, 0.1) is 6.10 Å². The minimum Gasteiger partial charge on any atom is -0.387 e. The van der Waals surface area contributed by atoms with Crippen LogP contribution in [0.3, 0.4) is 0 Å². The van der Waals surface area contributed by atoms with Crippen molar-refractivity contribution in [2.24, 2.45) is 0 Å². The molecular formula is C14H22FNO. The van der Waals surface area contributed by atoms with E-state index in [0.29, 0.717) is 18.2 Å². The molecule has 0 aliphatic heterocycles. The van der Waals surface area contributed by atoms with Gasteiger partial charge in [-0.2, -0.15) is 0 Å². The van der Waals surface area contributed by atoms with Crippen molar-refractivity contribution in [3.63, 3.8) is 0 Å². The maximum Gasteiger partial charge on any atom is 0.129 e. The highest BCUT2D eigenvalue weighted by molar-refractivity contribution is 5.19. The highest BCUT2D eigenvalue weighted by Crippen LogP contribution is 2.16. The van der Waals surface area contributed by atoms with Gasteiger partial charge in [-0.15, -0.1) is 0 Å². The Morgan fingerprint density at radius 3 is 2.71 bits per heavy atom. The molecule has 96 valence electrons. The number of nitrogens with one attached hydrogen (secondary N) is 1. The van der Waals surface area contributed by atoms with Gasteiger partial charge in [0.1, 0.15) is 5.82 Å². The lowest BCUT2D eigenvalue weighted by Gasteiger charge is -2.17. The molecule has 0 aromatic heterocycles. The van der Waals surface area contributed by atoms with Crippen molar-refractivity contribution in [3.05, 3.63) is 35.6 Å². The lowest BCUT2D eigenvalue weighted by molar-refractivity contribution is 0.165. The summed E-state index contributed by atoms with van der Waals surface area (Å²) < 4.78 is 13.4. The average molecular weight is 239 g/mol. The van der Waals surface area contributed by atoms with Gasteiger partial charge in [-0.1, -0.05) is 38.0 Å². The number of unbranched alkanes of at least 4 members (excludes halogenated alkanes) is 1. The molecule has 2 atom stereocenters. The first-order valence-corrected chi connectivity index (χ1v) is 6.31. The first kappa shape index (κ1) is 14.1. The van der Waals surface area contributed by atoms with Crippen LogP contribution in [0.15, 0.2) is 24.3 Å². The maximum atomic E-state index is 13.4. The van der Waals surface area contributed by atoms with Gasteiger partial charge in [-0.25, -0.2) is 4.39 Å². The Labute approximate surface area is 103 Å². The largest absolute Gasteiger partial charge is 0.387 e. The standard InChI is InChI=1S/C14H22FNO/c1-3-4-7-11(2)16-10-14(17)12-8-5-6-9-13(12)15/h5-6,8-9,11,14,16-17H,3-4,7,10H2,1-2H3. The Morgan fingerprint density at radius 2 is 2.06 bits per heavy atom. The molecule has 0 aliphatic rings. The van der Waals surface area contributed by atoms with Crippen LogP contribution in [0.2, 0.25) is 0 Å². The maximum absolute atomic E-state index is 13.4. The van der Waals surface area contributed by atoms with Crippen molar-refractivity contribution in [1.29, 1.82) is 0 Å². The monoisotopic (exact) mass is 239 g/mol.